The van der Waals surface area contributed by atoms with Gasteiger partial charge in [0.1, 0.15) is 0 Å². The van der Waals surface area contributed by atoms with Gasteiger partial charge in [0.2, 0.25) is 0 Å². The minimum atomic E-state index is 0.823. The number of rotatable bonds is 8. The predicted octanol–water partition coefficient (Wildman–Crippen LogP) is 1.17. The third-order valence-corrected chi connectivity index (χ3v) is 4.48. The Morgan fingerprint density at radius 1 is 1.11 bits per heavy atom. The molecule has 2 rings (SSSR count). The number of hydrogen-bond donors (Lipinski definition) is 1. The topological polar surface area (TPSA) is 27.7 Å². The fraction of sp³-hybridized carbons (Fsp3) is 1.00. The van der Waals surface area contributed by atoms with E-state index in [2.05, 4.69) is 15.1 Å². The SMILES string of the molecule is COCCNCCCCN1CCN2CCCCC2C1. The van der Waals surface area contributed by atoms with Gasteiger partial charge in [0, 0.05) is 39.3 Å². The van der Waals surface area contributed by atoms with Crippen LogP contribution in [0.25, 0.3) is 0 Å². The molecule has 0 aromatic carbocycles. The second kappa shape index (κ2) is 8.90. The second-order valence-corrected chi connectivity index (χ2v) is 5.94. The van der Waals surface area contributed by atoms with Crippen molar-refractivity contribution in [2.45, 2.75) is 38.1 Å². The molecule has 2 heterocycles. The van der Waals surface area contributed by atoms with E-state index in [1.165, 1.54) is 64.8 Å². The van der Waals surface area contributed by atoms with E-state index in [-0.39, 0.29) is 0 Å². The van der Waals surface area contributed by atoms with Gasteiger partial charge in [0.05, 0.1) is 6.61 Å². The van der Waals surface area contributed by atoms with Gasteiger partial charge in [-0.1, -0.05) is 6.42 Å². The van der Waals surface area contributed by atoms with Crippen molar-refractivity contribution >= 4 is 0 Å². The molecule has 1 atom stereocenters. The van der Waals surface area contributed by atoms with Crippen molar-refractivity contribution in [1.29, 1.82) is 0 Å². The van der Waals surface area contributed by atoms with Crippen LogP contribution in [0.15, 0.2) is 0 Å². The smallest absolute Gasteiger partial charge is 0.0587 e. The Morgan fingerprint density at radius 2 is 2.05 bits per heavy atom. The van der Waals surface area contributed by atoms with Crippen molar-refractivity contribution in [1.82, 2.24) is 15.1 Å². The zero-order valence-electron chi connectivity index (χ0n) is 12.6. The van der Waals surface area contributed by atoms with Crippen molar-refractivity contribution in [3.8, 4) is 0 Å². The van der Waals surface area contributed by atoms with Gasteiger partial charge in [0.25, 0.3) is 0 Å². The Balaban J connectivity index is 1.50. The maximum absolute atomic E-state index is 5.02. The number of fused-ring (bicyclic) bond motifs is 1. The van der Waals surface area contributed by atoms with Crippen LogP contribution in [0.2, 0.25) is 0 Å². The summed E-state index contributed by atoms with van der Waals surface area (Å²) in [6.45, 7) is 9.48. The van der Waals surface area contributed by atoms with Crippen LogP contribution in [0.4, 0.5) is 0 Å². The van der Waals surface area contributed by atoms with Gasteiger partial charge in [-0.05, 0) is 45.3 Å². The second-order valence-electron chi connectivity index (χ2n) is 5.94. The highest BCUT2D eigenvalue weighted by molar-refractivity contribution is 4.84. The van der Waals surface area contributed by atoms with E-state index in [1.807, 2.05) is 0 Å². The highest BCUT2D eigenvalue weighted by atomic mass is 16.5. The number of nitrogens with zero attached hydrogens (tertiary/aromatic N) is 2. The highest BCUT2D eigenvalue weighted by Crippen LogP contribution is 2.21. The molecule has 0 bridgehead atoms. The third kappa shape index (κ3) is 5.38. The summed E-state index contributed by atoms with van der Waals surface area (Å²) in [4.78, 5) is 5.40. The van der Waals surface area contributed by atoms with Gasteiger partial charge in [-0.25, -0.2) is 0 Å². The minimum absolute atomic E-state index is 0.823. The van der Waals surface area contributed by atoms with E-state index in [9.17, 15) is 0 Å². The van der Waals surface area contributed by atoms with E-state index >= 15 is 0 Å². The molecule has 4 heteroatoms. The van der Waals surface area contributed by atoms with Crippen LogP contribution in [-0.4, -0.2) is 75.4 Å². The number of methoxy groups -OCH3 is 1. The molecule has 0 aromatic heterocycles. The Kier molecular flexibility index (Phi) is 7.14. The maximum Gasteiger partial charge on any atom is 0.0587 e. The standard InChI is InChI=1S/C15H31N3O/c1-19-13-8-16-7-3-5-9-17-11-12-18-10-4-2-6-15(18)14-17/h15-16H,2-14H2,1H3. The molecule has 2 fully saturated rings. The number of piperazine rings is 1. The van der Waals surface area contributed by atoms with E-state index in [1.54, 1.807) is 7.11 Å². The van der Waals surface area contributed by atoms with E-state index < -0.39 is 0 Å². The molecular weight excluding hydrogens is 238 g/mol. The van der Waals surface area contributed by atoms with Gasteiger partial charge in [-0.15, -0.1) is 0 Å². The lowest BCUT2D eigenvalue weighted by Gasteiger charge is -2.44. The van der Waals surface area contributed by atoms with E-state index in [0.29, 0.717) is 0 Å². The van der Waals surface area contributed by atoms with Gasteiger partial charge in [-0.3, -0.25) is 4.90 Å². The summed E-state index contributed by atoms with van der Waals surface area (Å²) in [7, 11) is 1.76. The molecule has 1 N–H and O–H groups in total. The van der Waals surface area contributed by atoms with Gasteiger partial charge in [0.15, 0.2) is 0 Å². The van der Waals surface area contributed by atoms with Crippen LogP contribution in [0, 0.1) is 0 Å². The van der Waals surface area contributed by atoms with Gasteiger partial charge < -0.3 is 15.0 Å². The number of nitrogens with one attached hydrogen (secondary N) is 1. The summed E-state index contributed by atoms with van der Waals surface area (Å²) in [6.07, 6.45) is 6.90. The summed E-state index contributed by atoms with van der Waals surface area (Å²) in [5.74, 6) is 0. The van der Waals surface area contributed by atoms with E-state index in [4.69, 9.17) is 4.74 Å². The van der Waals surface area contributed by atoms with Crippen LogP contribution in [0.1, 0.15) is 32.1 Å². The normalized spacial score (nSPS) is 25.4. The lowest BCUT2D eigenvalue weighted by atomic mass is 9.99. The molecule has 112 valence electrons. The average Bonchev–Trinajstić information content (AvgIpc) is 2.46. The van der Waals surface area contributed by atoms with Crippen molar-refractivity contribution in [3.63, 3.8) is 0 Å². The molecule has 2 aliphatic heterocycles. The van der Waals surface area contributed by atoms with Crippen LogP contribution in [0.5, 0.6) is 0 Å². The molecule has 0 amide bonds. The van der Waals surface area contributed by atoms with Crippen LogP contribution in [0.3, 0.4) is 0 Å². The van der Waals surface area contributed by atoms with Gasteiger partial charge >= 0.3 is 0 Å². The molecule has 4 nitrogen and oxygen atoms in total. The van der Waals surface area contributed by atoms with Crippen molar-refractivity contribution < 1.29 is 4.74 Å². The Bertz CT molecular complexity index is 237. The largest absolute Gasteiger partial charge is 0.383 e. The molecule has 19 heavy (non-hydrogen) atoms. The number of piperidine rings is 1. The first-order chi connectivity index (χ1) is 9.40. The molecule has 1 unspecified atom stereocenters. The fourth-order valence-corrected chi connectivity index (χ4v) is 3.31. The molecule has 0 aromatic rings. The molecular formula is C15H31N3O. The first kappa shape index (κ1) is 15.2. The zero-order valence-corrected chi connectivity index (χ0v) is 12.6. The first-order valence-electron chi connectivity index (χ1n) is 8.06. The molecule has 2 aliphatic rings. The predicted molar refractivity (Wildman–Crippen MR) is 79.6 cm³/mol. The fourth-order valence-electron chi connectivity index (χ4n) is 3.31. The number of unbranched alkanes of at least 4 members (excludes halogenated alkanes) is 1. The molecule has 2 saturated heterocycles. The Labute approximate surface area is 118 Å². The highest BCUT2D eigenvalue weighted by Gasteiger charge is 2.28. The molecule has 0 saturated carbocycles. The van der Waals surface area contributed by atoms with E-state index in [0.717, 1.165) is 25.7 Å². The quantitative estimate of drug-likeness (QED) is 0.670. The minimum Gasteiger partial charge on any atom is -0.383 e. The molecule has 0 radical (unpaired) electrons. The summed E-state index contributed by atoms with van der Waals surface area (Å²) >= 11 is 0. The van der Waals surface area contributed by atoms with Gasteiger partial charge in [-0.2, -0.15) is 0 Å². The monoisotopic (exact) mass is 269 g/mol. The lowest BCUT2D eigenvalue weighted by Crippen LogP contribution is -2.54. The summed E-state index contributed by atoms with van der Waals surface area (Å²) in [6, 6.07) is 0.863. The van der Waals surface area contributed by atoms with Crippen molar-refractivity contribution in [2.24, 2.45) is 0 Å². The van der Waals surface area contributed by atoms with Crippen molar-refractivity contribution in [3.05, 3.63) is 0 Å². The molecule has 0 aliphatic carbocycles. The van der Waals surface area contributed by atoms with Crippen LogP contribution >= 0.6 is 0 Å². The zero-order chi connectivity index (χ0) is 13.3. The Hall–Kier alpha value is -0.160. The molecule has 0 spiro atoms. The lowest BCUT2D eigenvalue weighted by molar-refractivity contribution is 0.0487. The van der Waals surface area contributed by atoms with Crippen molar-refractivity contribution in [2.75, 3.05) is 59.5 Å². The number of ether oxygens (including phenoxy) is 1. The summed E-state index contributed by atoms with van der Waals surface area (Å²) in [5, 5.41) is 3.42. The average molecular weight is 269 g/mol. The van der Waals surface area contributed by atoms with Crippen LogP contribution in [-0.2, 0) is 4.74 Å². The summed E-state index contributed by atoms with van der Waals surface area (Å²) in [5.41, 5.74) is 0. The maximum atomic E-state index is 5.02. The first-order valence-corrected chi connectivity index (χ1v) is 8.06. The summed E-state index contributed by atoms with van der Waals surface area (Å²) < 4.78 is 5.02. The third-order valence-electron chi connectivity index (χ3n) is 4.48. The number of hydrogen-bond acceptors (Lipinski definition) is 4. The Morgan fingerprint density at radius 3 is 2.95 bits per heavy atom. The van der Waals surface area contributed by atoms with Crippen LogP contribution < -0.4 is 5.32 Å².